The molecule has 7 aromatic rings. The zero-order valence-electron chi connectivity index (χ0n) is 32.6. The monoisotopic (exact) mass is 800 g/mol. The molecule has 296 valence electrons. The molecule has 11 heteroatoms. The highest BCUT2D eigenvalue weighted by molar-refractivity contribution is 6.29. The van der Waals surface area contributed by atoms with Crippen LogP contribution in [0.5, 0.6) is 0 Å². The van der Waals surface area contributed by atoms with Crippen molar-refractivity contribution in [3.63, 3.8) is 0 Å². The summed E-state index contributed by atoms with van der Waals surface area (Å²) in [6, 6.07) is 43.7. The van der Waals surface area contributed by atoms with Crippen molar-refractivity contribution in [1.82, 2.24) is 24.5 Å². The molecule has 0 spiro atoms. The van der Waals surface area contributed by atoms with E-state index in [1.54, 1.807) is 6.20 Å². The highest BCUT2D eigenvalue weighted by Crippen LogP contribution is 2.47. The van der Waals surface area contributed by atoms with Gasteiger partial charge in [-0.05, 0) is 66.3 Å². The van der Waals surface area contributed by atoms with E-state index in [4.69, 9.17) is 31.5 Å². The average Bonchev–Trinajstić information content (AvgIpc) is 3.67. The summed E-state index contributed by atoms with van der Waals surface area (Å²) in [6.07, 6.45) is 7.61. The topological polar surface area (TPSA) is 112 Å². The molecular weight excluding hydrogens is 756 g/mol. The minimum absolute atomic E-state index is 0.152. The van der Waals surface area contributed by atoms with Crippen LogP contribution in [0.4, 0.5) is 17.3 Å². The predicted octanol–water partition coefficient (Wildman–Crippen LogP) is 9.01. The van der Waals surface area contributed by atoms with Crippen LogP contribution in [0.15, 0.2) is 140 Å². The minimum atomic E-state index is -0.884. The Morgan fingerprint density at radius 3 is 1.81 bits per heavy atom. The Kier molecular flexibility index (Phi) is 9.72. The van der Waals surface area contributed by atoms with E-state index in [0.717, 1.165) is 74.4 Å². The number of benzene rings is 4. The first kappa shape index (κ1) is 37.0. The number of rotatable bonds is 10. The largest absolute Gasteiger partial charge is 0.481 e. The summed E-state index contributed by atoms with van der Waals surface area (Å²) in [4.78, 5) is 38.0. The summed E-state index contributed by atoms with van der Waals surface area (Å²) >= 11 is 6.71. The van der Waals surface area contributed by atoms with E-state index in [0.29, 0.717) is 28.4 Å². The molecule has 4 aliphatic rings. The number of hydrogen-bond donors (Lipinski definition) is 2. The second kappa shape index (κ2) is 15.5. The Balaban J connectivity index is 1.16. The van der Waals surface area contributed by atoms with Gasteiger partial charge in [0, 0.05) is 50.2 Å². The van der Waals surface area contributed by atoms with Gasteiger partial charge in [0.1, 0.15) is 27.8 Å². The molecule has 0 unspecified atom stereocenters. The summed E-state index contributed by atoms with van der Waals surface area (Å²) in [5, 5.41) is 14.5. The van der Waals surface area contributed by atoms with Crippen LogP contribution in [0.25, 0.3) is 22.6 Å². The number of aliphatic carboxylic acids is 1. The molecule has 2 N–H and O–H groups in total. The SMILES string of the molecule is O=C(O)[C@@H]1C2CCC(CC2)[C@H]1Nc1cc(N2CCN(c3ccccc3)CC2)nc(-c2cn(C(c3ccccc3)(c3ccccc3)c3ccccc3)c3ncc(Cl)nc23)n1. The van der Waals surface area contributed by atoms with Crippen LogP contribution in [0.2, 0.25) is 5.15 Å². The Morgan fingerprint density at radius 1 is 0.695 bits per heavy atom. The zero-order chi connectivity index (χ0) is 39.9. The summed E-state index contributed by atoms with van der Waals surface area (Å²) in [5.41, 5.74) is 5.31. The lowest BCUT2D eigenvalue weighted by molar-refractivity contribution is -0.148. The number of para-hydroxylation sites is 1. The fourth-order valence-corrected chi connectivity index (χ4v) is 10.3. The number of anilines is 3. The standard InChI is InChI=1S/C48H45ClN8O2/c49-39-30-50-46-44(51-39)38(31-57(46)48(34-13-5-1-6-14-34,35-15-7-2-8-16-35)36-17-9-3-10-18-36)45-53-40(52-43-33-23-21-32(22-24-33)42(43)47(58)59)29-41(54-45)56-27-25-55(26-28-56)37-19-11-4-12-20-37/h1-20,29-33,42-43H,21-28H2,(H,58,59)(H,52,53,54)/t32?,33?,42-,43-/m1/s1. The number of nitrogens with one attached hydrogen (secondary N) is 1. The maximum atomic E-state index is 12.8. The van der Waals surface area contributed by atoms with Crippen molar-refractivity contribution in [3.8, 4) is 11.4 Å². The van der Waals surface area contributed by atoms with Gasteiger partial charge in [-0.2, -0.15) is 0 Å². The molecule has 2 bridgehead atoms. The molecule has 4 heterocycles. The van der Waals surface area contributed by atoms with E-state index in [1.165, 1.54) is 5.69 Å². The van der Waals surface area contributed by atoms with Gasteiger partial charge in [-0.3, -0.25) is 4.79 Å². The predicted molar refractivity (Wildman–Crippen MR) is 233 cm³/mol. The summed E-state index contributed by atoms with van der Waals surface area (Å²) in [6.45, 7) is 3.16. The van der Waals surface area contributed by atoms with Crippen molar-refractivity contribution in [1.29, 1.82) is 0 Å². The van der Waals surface area contributed by atoms with E-state index in [1.807, 2.05) is 30.3 Å². The lowest BCUT2D eigenvalue weighted by Gasteiger charge is -2.47. The van der Waals surface area contributed by atoms with Crippen LogP contribution < -0.4 is 15.1 Å². The Hall–Kier alpha value is -6.26. The van der Waals surface area contributed by atoms with Gasteiger partial charge >= 0.3 is 5.97 Å². The molecule has 1 saturated heterocycles. The molecule has 0 radical (unpaired) electrons. The highest BCUT2D eigenvalue weighted by Gasteiger charge is 2.48. The summed E-state index contributed by atoms with van der Waals surface area (Å²) < 4.78 is 2.20. The van der Waals surface area contributed by atoms with Gasteiger partial charge in [0.2, 0.25) is 0 Å². The lowest BCUT2D eigenvalue weighted by Crippen LogP contribution is -2.51. The third-order valence-corrected chi connectivity index (χ3v) is 13.1. The number of carbonyl (C=O) groups is 1. The Labute approximate surface area is 348 Å². The van der Waals surface area contributed by atoms with Crippen LogP contribution in [0, 0.1) is 17.8 Å². The first-order valence-corrected chi connectivity index (χ1v) is 21.0. The second-order valence-corrected chi connectivity index (χ2v) is 16.4. The highest BCUT2D eigenvalue weighted by atomic mass is 35.5. The van der Waals surface area contributed by atoms with Crippen molar-refractivity contribution in [3.05, 3.63) is 162 Å². The summed E-state index contributed by atoms with van der Waals surface area (Å²) in [5.74, 6) is 1.03. The van der Waals surface area contributed by atoms with E-state index < -0.39 is 17.4 Å². The van der Waals surface area contributed by atoms with Crippen LogP contribution in [-0.4, -0.2) is 67.8 Å². The van der Waals surface area contributed by atoms with Crippen molar-refractivity contribution >= 4 is 46.1 Å². The molecule has 2 atom stereocenters. The number of aromatic nitrogens is 5. The Bertz CT molecular complexity index is 2480. The fourth-order valence-electron chi connectivity index (χ4n) is 10.2. The van der Waals surface area contributed by atoms with Crippen LogP contribution in [-0.2, 0) is 10.3 Å². The molecule has 3 aliphatic carbocycles. The number of nitrogens with zero attached hydrogens (tertiary/aromatic N) is 7. The number of carboxylic acid groups (broad SMARTS) is 1. The van der Waals surface area contributed by atoms with Gasteiger partial charge in [0.25, 0.3) is 0 Å². The maximum Gasteiger partial charge on any atom is 0.308 e. The van der Waals surface area contributed by atoms with E-state index in [2.05, 4.69) is 123 Å². The third kappa shape index (κ3) is 6.65. The first-order valence-electron chi connectivity index (χ1n) is 20.6. The molecule has 1 aliphatic heterocycles. The van der Waals surface area contributed by atoms with E-state index in [9.17, 15) is 9.90 Å². The van der Waals surface area contributed by atoms with Crippen LogP contribution in [0.1, 0.15) is 42.4 Å². The van der Waals surface area contributed by atoms with E-state index in [-0.39, 0.29) is 23.0 Å². The Morgan fingerprint density at radius 2 is 1.24 bits per heavy atom. The quantitative estimate of drug-likeness (QED) is 0.131. The van der Waals surface area contributed by atoms with Gasteiger partial charge in [-0.25, -0.2) is 19.9 Å². The van der Waals surface area contributed by atoms with Crippen molar-refractivity contribution < 1.29 is 9.90 Å². The molecule has 3 aromatic heterocycles. The molecule has 0 amide bonds. The fraction of sp³-hybridized carbons (Fsp3) is 0.271. The van der Waals surface area contributed by atoms with Gasteiger partial charge in [-0.15, -0.1) is 0 Å². The van der Waals surface area contributed by atoms with Gasteiger partial charge in [0.15, 0.2) is 11.5 Å². The number of piperazine rings is 1. The van der Waals surface area contributed by atoms with Crippen LogP contribution in [0.3, 0.4) is 0 Å². The third-order valence-electron chi connectivity index (χ3n) is 12.9. The number of hydrogen-bond acceptors (Lipinski definition) is 8. The number of carboxylic acids is 1. The number of fused-ring (bicyclic) bond motifs is 4. The lowest BCUT2D eigenvalue weighted by atomic mass is 9.61. The normalized spacial score (nSPS) is 20.5. The molecule has 59 heavy (non-hydrogen) atoms. The molecule has 3 saturated carbocycles. The maximum absolute atomic E-state index is 12.8. The van der Waals surface area contributed by atoms with Crippen LogP contribution >= 0.6 is 11.6 Å². The molecule has 11 rings (SSSR count). The van der Waals surface area contributed by atoms with Crippen molar-refractivity contribution in [2.75, 3.05) is 41.3 Å². The van der Waals surface area contributed by atoms with Gasteiger partial charge < -0.3 is 24.8 Å². The zero-order valence-corrected chi connectivity index (χ0v) is 33.4. The smallest absolute Gasteiger partial charge is 0.308 e. The van der Waals surface area contributed by atoms with Gasteiger partial charge in [-0.1, -0.05) is 121 Å². The molecular formula is C48H45ClN8O2. The first-order chi connectivity index (χ1) is 29.0. The molecule has 10 nitrogen and oxygen atoms in total. The second-order valence-electron chi connectivity index (χ2n) is 16.0. The molecule has 4 aromatic carbocycles. The van der Waals surface area contributed by atoms with E-state index >= 15 is 0 Å². The molecule has 4 fully saturated rings. The minimum Gasteiger partial charge on any atom is -0.481 e. The van der Waals surface area contributed by atoms with Crippen molar-refractivity contribution in [2.24, 2.45) is 17.8 Å². The summed E-state index contributed by atoms with van der Waals surface area (Å²) in [7, 11) is 0. The number of halogens is 1. The van der Waals surface area contributed by atoms with Gasteiger partial charge in [0.05, 0.1) is 17.7 Å². The van der Waals surface area contributed by atoms with Crippen molar-refractivity contribution in [2.45, 2.75) is 37.3 Å². The average molecular weight is 801 g/mol.